The Labute approximate surface area is 391 Å². The van der Waals surface area contributed by atoms with Crippen molar-refractivity contribution >= 4 is 7.82 Å². The third-order valence-electron chi connectivity index (χ3n) is 11.7. The number of phosphoric acid groups is 1. The van der Waals surface area contributed by atoms with E-state index in [1.54, 1.807) is 6.08 Å². The van der Waals surface area contributed by atoms with Gasteiger partial charge >= 0.3 is 7.82 Å². The average molecular weight is 911 g/mol. The monoisotopic (exact) mass is 911 g/mol. The summed E-state index contributed by atoms with van der Waals surface area (Å²) >= 11 is 0. The zero-order valence-corrected chi connectivity index (χ0v) is 43.0. The first-order valence-electron chi connectivity index (χ1n) is 24.1. The molecule has 8 nitrogen and oxygen atoms in total. The number of hydrogen-bond acceptors (Lipinski definition) is 7. The lowest BCUT2D eigenvalue weighted by Crippen LogP contribution is -2.34. The van der Waals surface area contributed by atoms with E-state index < -0.39 is 39.0 Å². The van der Waals surface area contributed by atoms with Crippen molar-refractivity contribution in [3.05, 3.63) is 116 Å². The Kier molecular flexibility index (Phi) is 32.1. The first-order valence-corrected chi connectivity index (χ1v) is 25.6. The van der Waals surface area contributed by atoms with E-state index in [0.29, 0.717) is 0 Å². The minimum atomic E-state index is -4.55. The van der Waals surface area contributed by atoms with E-state index in [1.807, 2.05) is 6.92 Å². The van der Waals surface area contributed by atoms with E-state index in [2.05, 4.69) is 124 Å². The lowest BCUT2D eigenvalue weighted by molar-refractivity contribution is -0.127. The lowest BCUT2D eigenvalue weighted by Gasteiger charge is -2.18. The fourth-order valence-electron chi connectivity index (χ4n) is 7.26. The molecular formula is C55H91O8P. The van der Waals surface area contributed by atoms with Gasteiger partial charge in [0.2, 0.25) is 0 Å². The Morgan fingerprint density at radius 2 is 0.719 bits per heavy atom. The number of phosphoric ester groups is 1. The van der Waals surface area contributed by atoms with E-state index in [9.17, 15) is 19.7 Å². The zero-order chi connectivity index (χ0) is 47.9. The molecule has 1 heterocycles. The van der Waals surface area contributed by atoms with E-state index in [0.717, 1.165) is 108 Å². The Balaban J connectivity index is 2.25. The molecule has 0 bridgehead atoms. The van der Waals surface area contributed by atoms with Crippen LogP contribution in [0, 0.1) is 0 Å². The molecule has 364 valence electrons. The van der Waals surface area contributed by atoms with Crippen LogP contribution in [0.15, 0.2) is 116 Å². The smallest absolute Gasteiger partial charge is 0.394 e. The molecule has 0 spiro atoms. The van der Waals surface area contributed by atoms with Crippen molar-refractivity contribution in [1.82, 2.24) is 0 Å². The highest BCUT2D eigenvalue weighted by Gasteiger charge is 2.46. The summed E-state index contributed by atoms with van der Waals surface area (Å²) in [4.78, 5) is 9.97. The Hall–Kier alpha value is -2.65. The maximum atomic E-state index is 12.3. The molecular weight excluding hydrogens is 820 g/mol. The Bertz CT molecular complexity index is 1710. The molecule has 1 aliphatic rings. The number of rotatable bonds is 33. The molecule has 0 radical (unpaired) electrons. The maximum absolute atomic E-state index is 12.3. The van der Waals surface area contributed by atoms with Crippen molar-refractivity contribution in [2.45, 2.75) is 216 Å². The van der Waals surface area contributed by atoms with E-state index >= 15 is 0 Å². The summed E-state index contributed by atoms with van der Waals surface area (Å²) in [6.07, 6.45) is 37.1. The largest absolute Gasteiger partial charge is 0.474 e. The van der Waals surface area contributed by atoms with Gasteiger partial charge < -0.3 is 24.9 Å². The van der Waals surface area contributed by atoms with Crippen molar-refractivity contribution in [2.24, 2.45) is 0 Å². The van der Waals surface area contributed by atoms with Crippen LogP contribution in [0.25, 0.3) is 0 Å². The number of hydrogen-bond donors (Lipinski definition) is 4. The molecule has 1 fully saturated rings. The molecule has 5 atom stereocenters. The summed E-state index contributed by atoms with van der Waals surface area (Å²) in [5.41, 5.74) is 14.2. The van der Waals surface area contributed by atoms with Crippen LogP contribution >= 0.6 is 7.82 Å². The van der Waals surface area contributed by atoms with Crippen molar-refractivity contribution in [3.63, 3.8) is 0 Å². The third-order valence-corrected chi connectivity index (χ3v) is 12.7. The molecule has 0 aromatic heterocycles. The summed E-state index contributed by atoms with van der Waals surface area (Å²) in [7, 11) is -4.55. The van der Waals surface area contributed by atoms with E-state index in [1.165, 1.54) is 63.0 Å². The van der Waals surface area contributed by atoms with Gasteiger partial charge in [-0.05, 0) is 192 Å². The SMILES string of the molecule is CC(C)=CCCC(C)=CCCC(C)=CCC/C(C)=C\CC/C(C)=C\CC/C(C)=C/CC/C(C)=C\CC/C(C)=C/CC/C(C)=C/CC/C(C)=C\COP(=O)(O)O[C@@H]1O[C@H](CO)[C@@H](O)[C@@H]1O. The minimum Gasteiger partial charge on any atom is -0.394 e. The van der Waals surface area contributed by atoms with Gasteiger partial charge in [-0.2, -0.15) is 0 Å². The van der Waals surface area contributed by atoms with Gasteiger partial charge in [-0.15, -0.1) is 0 Å². The highest BCUT2D eigenvalue weighted by atomic mass is 31.2. The summed E-state index contributed by atoms with van der Waals surface area (Å²) in [5, 5.41) is 28.9. The van der Waals surface area contributed by atoms with Crippen LogP contribution in [0.2, 0.25) is 0 Å². The van der Waals surface area contributed by atoms with Crippen LogP contribution in [-0.4, -0.2) is 58.0 Å². The minimum absolute atomic E-state index is 0.153. The maximum Gasteiger partial charge on any atom is 0.474 e. The first-order chi connectivity index (χ1) is 30.3. The van der Waals surface area contributed by atoms with Crippen LogP contribution in [0.1, 0.15) is 192 Å². The van der Waals surface area contributed by atoms with Crippen molar-refractivity contribution in [1.29, 1.82) is 0 Å². The van der Waals surface area contributed by atoms with Crippen molar-refractivity contribution < 1.29 is 38.6 Å². The van der Waals surface area contributed by atoms with Gasteiger partial charge in [-0.1, -0.05) is 116 Å². The predicted octanol–water partition coefficient (Wildman–Crippen LogP) is 15.1. The standard InChI is InChI=1S/C55H91O8P/c1-42(2)21-12-22-43(3)23-13-24-44(4)25-14-26-45(5)27-15-28-46(6)29-16-30-47(7)31-17-32-48(8)33-18-34-49(9)35-19-36-50(10)37-20-38-51(11)39-40-61-64(59,60)63-55-54(58)53(57)52(41-56)62-55/h21,23,25,27,29,31,33,35,37,39,52-58H,12-20,22,24,26,28,30,32,34,36,38,40-41H2,1-11H3,(H,59,60)/b43-23?,44-25?,45-27-,46-29-,47-31+,48-33-,49-35+,50-37+,51-39-/t52-,53-,54+,55+/m1/s1. The number of allylic oxidation sites excluding steroid dienone is 19. The molecule has 0 aliphatic carbocycles. The van der Waals surface area contributed by atoms with Gasteiger partial charge in [0, 0.05) is 0 Å². The van der Waals surface area contributed by atoms with Gasteiger partial charge in [0.15, 0.2) is 6.29 Å². The topological polar surface area (TPSA) is 126 Å². The summed E-state index contributed by atoms with van der Waals surface area (Å²) in [5.74, 6) is 0. The van der Waals surface area contributed by atoms with Gasteiger partial charge in [0.1, 0.15) is 18.3 Å². The second-order valence-electron chi connectivity index (χ2n) is 18.7. The molecule has 0 amide bonds. The number of aliphatic hydroxyl groups excluding tert-OH is 3. The molecule has 1 saturated heterocycles. The number of aliphatic hydroxyl groups is 3. The van der Waals surface area contributed by atoms with Crippen LogP contribution in [-0.2, 0) is 18.3 Å². The number of ether oxygens (including phenoxy) is 1. The quantitative estimate of drug-likeness (QED) is 0.0379. The summed E-state index contributed by atoms with van der Waals surface area (Å²) in [6, 6.07) is 0. The van der Waals surface area contributed by atoms with Crippen LogP contribution < -0.4 is 0 Å². The molecule has 1 unspecified atom stereocenters. The van der Waals surface area contributed by atoms with Crippen LogP contribution in [0.5, 0.6) is 0 Å². The summed E-state index contributed by atoms with van der Waals surface area (Å²) in [6.45, 7) is 23.6. The highest BCUT2D eigenvalue weighted by Crippen LogP contribution is 2.46. The lowest BCUT2D eigenvalue weighted by atomic mass is 10.0. The molecule has 1 rings (SSSR count). The summed E-state index contributed by atoms with van der Waals surface area (Å²) < 4.78 is 27.2. The average Bonchev–Trinajstić information content (AvgIpc) is 3.47. The fraction of sp³-hybridized carbons (Fsp3) is 0.636. The molecule has 0 aromatic carbocycles. The highest BCUT2D eigenvalue weighted by molar-refractivity contribution is 7.47. The molecule has 0 saturated carbocycles. The molecule has 64 heavy (non-hydrogen) atoms. The van der Waals surface area contributed by atoms with Crippen molar-refractivity contribution in [3.8, 4) is 0 Å². The molecule has 0 aromatic rings. The van der Waals surface area contributed by atoms with Gasteiger partial charge in [0.05, 0.1) is 13.2 Å². The Morgan fingerprint density at radius 3 is 0.969 bits per heavy atom. The molecule has 4 N–H and O–H groups in total. The normalized spacial score (nSPS) is 21.2. The zero-order valence-electron chi connectivity index (χ0n) is 42.1. The molecule has 9 heteroatoms. The third kappa shape index (κ3) is 30.5. The van der Waals surface area contributed by atoms with Crippen LogP contribution in [0.4, 0.5) is 0 Å². The van der Waals surface area contributed by atoms with Gasteiger partial charge in [-0.3, -0.25) is 9.05 Å². The second-order valence-corrected chi connectivity index (χ2v) is 20.1. The predicted molar refractivity (Wildman–Crippen MR) is 271 cm³/mol. The van der Waals surface area contributed by atoms with Crippen LogP contribution in [0.3, 0.4) is 0 Å². The second kappa shape index (κ2) is 34.6. The Morgan fingerprint density at radius 1 is 0.453 bits per heavy atom. The fourth-order valence-corrected chi connectivity index (χ4v) is 8.03. The molecule has 1 aliphatic heterocycles. The van der Waals surface area contributed by atoms with Crippen molar-refractivity contribution in [2.75, 3.05) is 13.2 Å². The van der Waals surface area contributed by atoms with Gasteiger partial charge in [0.25, 0.3) is 0 Å². The van der Waals surface area contributed by atoms with Gasteiger partial charge in [-0.25, -0.2) is 4.57 Å². The first kappa shape index (κ1) is 59.4. The van der Waals surface area contributed by atoms with E-state index in [4.69, 9.17) is 18.9 Å². The van der Waals surface area contributed by atoms with E-state index in [-0.39, 0.29) is 6.61 Å².